The third kappa shape index (κ3) is 5.39. The summed E-state index contributed by atoms with van der Waals surface area (Å²) in [6.45, 7) is 8.53. The highest BCUT2D eigenvalue weighted by atomic mass is 16.5. The number of carbonyl (C=O) groups excluding carboxylic acids is 2. The normalized spacial score (nSPS) is 17.9. The monoisotopic (exact) mass is 452 g/mol. The van der Waals surface area contributed by atoms with Crippen LogP contribution in [-0.2, 0) is 9.59 Å². The third-order valence-corrected chi connectivity index (χ3v) is 5.47. The van der Waals surface area contributed by atoms with Gasteiger partial charge in [0.2, 0.25) is 0 Å². The van der Waals surface area contributed by atoms with Crippen LogP contribution in [0.3, 0.4) is 0 Å². The van der Waals surface area contributed by atoms with E-state index in [1.165, 1.54) is 6.20 Å². The second kappa shape index (κ2) is 10.1. The molecule has 0 radical (unpaired) electrons. The molecule has 0 bridgehead atoms. The molecule has 176 valence electrons. The number of rotatable bonds is 8. The minimum atomic E-state index is -0.707. The fourth-order valence-corrected chi connectivity index (χ4v) is 3.98. The summed E-state index contributed by atoms with van der Waals surface area (Å²) in [4.78, 5) is 38.2. The maximum Gasteiger partial charge on any atom is 0.295 e. The molecule has 1 aromatic heterocycles. The number of aromatic nitrogens is 2. The van der Waals surface area contributed by atoms with Gasteiger partial charge in [0.05, 0.1) is 29.0 Å². The first-order chi connectivity index (χ1) is 15.6. The molecule has 2 heterocycles. The summed E-state index contributed by atoms with van der Waals surface area (Å²) in [6.07, 6.45) is 2.21. The summed E-state index contributed by atoms with van der Waals surface area (Å²) in [5.74, 6) is -0.321. The summed E-state index contributed by atoms with van der Waals surface area (Å²) in [5, 5.41) is 11.2. The van der Waals surface area contributed by atoms with Crippen LogP contribution in [0.2, 0.25) is 0 Å². The molecule has 1 saturated heterocycles. The van der Waals surface area contributed by atoms with Crippen molar-refractivity contribution in [3.05, 3.63) is 58.7 Å². The molecular formula is C25H32N4O4. The quantitative estimate of drug-likeness (QED) is 0.373. The Bertz CT molecular complexity index is 1060. The van der Waals surface area contributed by atoms with E-state index in [2.05, 4.69) is 9.97 Å². The van der Waals surface area contributed by atoms with E-state index in [0.717, 1.165) is 12.1 Å². The van der Waals surface area contributed by atoms with E-state index in [0.29, 0.717) is 35.8 Å². The number of hydrogen-bond acceptors (Lipinski definition) is 7. The molecule has 33 heavy (non-hydrogen) atoms. The Morgan fingerprint density at radius 1 is 1.18 bits per heavy atom. The average molecular weight is 453 g/mol. The van der Waals surface area contributed by atoms with Gasteiger partial charge in [0.1, 0.15) is 17.3 Å². The molecule has 0 aliphatic carbocycles. The van der Waals surface area contributed by atoms with Crippen LogP contribution in [0, 0.1) is 13.8 Å². The predicted molar refractivity (Wildman–Crippen MR) is 126 cm³/mol. The molecular weight excluding hydrogens is 420 g/mol. The minimum Gasteiger partial charge on any atom is -0.507 e. The summed E-state index contributed by atoms with van der Waals surface area (Å²) in [5.41, 5.74) is 1.66. The number of nitrogens with zero attached hydrogens (tertiary/aromatic N) is 4. The number of ketones is 1. The first kappa shape index (κ1) is 24.4. The largest absolute Gasteiger partial charge is 0.507 e. The van der Waals surface area contributed by atoms with E-state index in [4.69, 9.17) is 4.74 Å². The zero-order valence-corrected chi connectivity index (χ0v) is 20.1. The van der Waals surface area contributed by atoms with Gasteiger partial charge in [-0.25, -0.2) is 9.97 Å². The molecule has 1 N–H and O–H groups in total. The van der Waals surface area contributed by atoms with Crippen molar-refractivity contribution in [2.75, 3.05) is 27.2 Å². The number of aliphatic hydroxyl groups is 1. The number of Topliss-reactive ketones (excluding diaryl/α,β-unsaturated/α-hetero) is 1. The van der Waals surface area contributed by atoms with E-state index in [9.17, 15) is 14.7 Å². The highest BCUT2D eigenvalue weighted by Gasteiger charge is 2.46. The molecule has 2 aromatic rings. The maximum absolute atomic E-state index is 13.1. The Morgan fingerprint density at radius 2 is 1.85 bits per heavy atom. The molecule has 3 rings (SSSR count). The van der Waals surface area contributed by atoms with Gasteiger partial charge < -0.3 is 19.6 Å². The number of aliphatic hydroxyl groups excluding tert-OH is 1. The van der Waals surface area contributed by atoms with Crippen LogP contribution in [0.1, 0.15) is 49.0 Å². The highest BCUT2D eigenvalue weighted by Crippen LogP contribution is 2.40. The van der Waals surface area contributed by atoms with Crippen molar-refractivity contribution in [2.45, 2.75) is 46.3 Å². The fraction of sp³-hybridized carbons (Fsp3) is 0.440. The first-order valence-electron chi connectivity index (χ1n) is 11.1. The van der Waals surface area contributed by atoms with Crippen LogP contribution >= 0.6 is 0 Å². The lowest BCUT2D eigenvalue weighted by Gasteiger charge is -2.26. The molecule has 8 heteroatoms. The van der Waals surface area contributed by atoms with Crippen LogP contribution in [0.4, 0.5) is 0 Å². The van der Waals surface area contributed by atoms with Crippen molar-refractivity contribution in [3.8, 4) is 5.75 Å². The van der Waals surface area contributed by atoms with E-state index in [1.54, 1.807) is 18.7 Å². The molecule has 0 unspecified atom stereocenters. The van der Waals surface area contributed by atoms with Gasteiger partial charge in [0, 0.05) is 12.7 Å². The number of hydrogen-bond donors (Lipinski definition) is 1. The van der Waals surface area contributed by atoms with Crippen molar-refractivity contribution in [2.24, 2.45) is 0 Å². The van der Waals surface area contributed by atoms with Crippen LogP contribution in [0.5, 0.6) is 5.75 Å². The van der Waals surface area contributed by atoms with Gasteiger partial charge >= 0.3 is 0 Å². The standard InChI is InChI=1S/C25H32N4O4/c1-15(2)33-19-10-8-18(9-11-19)22-21(23(30)20-14-26-17(4)27-16(20)3)24(31)25(32)29(22)13-7-12-28(5)6/h8-11,14-15,22,30H,7,12-13H2,1-6H3/t22-/m1/s1. The molecule has 1 aliphatic heterocycles. The molecule has 1 amide bonds. The number of aryl methyl sites for hydroxylation is 2. The lowest BCUT2D eigenvalue weighted by Crippen LogP contribution is -2.32. The molecule has 1 aliphatic rings. The predicted octanol–water partition coefficient (Wildman–Crippen LogP) is 3.25. The van der Waals surface area contributed by atoms with E-state index in [1.807, 2.05) is 57.1 Å². The van der Waals surface area contributed by atoms with Crippen LogP contribution in [0.15, 0.2) is 36.0 Å². The SMILES string of the molecule is Cc1ncc(C(O)=C2C(=O)C(=O)N(CCCN(C)C)[C@@H]2c2ccc(OC(C)C)cc2)c(C)n1. The summed E-state index contributed by atoms with van der Waals surface area (Å²) in [7, 11) is 3.92. The smallest absolute Gasteiger partial charge is 0.295 e. The lowest BCUT2D eigenvalue weighted by atomic mass is 9.95. The zero-order valence-electron chi connectivity index (χ0n) is 20.1. The number of carbonyl (C=O) groups is 2. The molecule has 0 spiro atoms. The highest BCUT2D eigenvalue weighted by molar-refractivity contribution is 6.46. The minimum absolute atomic E-state index is 0.0250. The van der Waals surface area contributed by atoms with Crippen LogP contribution in [-0.4, -0.2) is 69.9 Å². The maximum atomic E-state index is 13.1. The van der Waals surface area contributed by atoms with Crippen molar-refractivity contribution < 1.29 is 19.4 Å². The first-order valence-corrected chi connectivity index (χ1v) is 11.1. The second-order valence-corrected chi connectivity index (χ2v) is 8.80. The van der Waals surface area contributed by atoms with Crippen molar-refractivity contribution in [1.82, 2.24) is 19.8 Å². The third-order valence-electron chi connectivity index (χ3n) is 5.47. The lowest BCUT2D eigenvalue weighted by molar-refractivity contribution is -0.139. The molecule has 8 nitrogen and oxygen atoms in total. The van der Waals surface area contributed by atoms with E-state index >= 15 is 0 Å². The van der Waals surface area contributed by atoms with Gasteiger partial charge in [0.25, 0.3) is 11.7 Å². The van der Waals surface area contributed by atoms with Crippen LogP contribution < -0.4 is 4.74 Å². The van der Waals surface area contributed by atoms with Crippen molar-refractivity contribution in [3.63, 3.8) is 0 Å². The molecule has 0 saturated carbocycles. The average Bonchev–Trinajstić information content (AvgIpc) is 2.98. The number of ether oxygens (including phenoxy) is 1. The zero-order chi connectivity index (χ0) is 24.3. The Morgan fingerprint density at radius 3 is 2.42 bits per heavy atom. The Hall–Kier alpha value is -3.26. The van der Waals surface area contributed by atoms with Gasteiger partial charge in [-0.1, -0.05) is 12.1 Å². The number of likely N-dealkylation sites (tertiary alicyclic amines) is 1. The van der Waals surface area contributed by atoms with Gasteiger partial charge in [-0.05, 0) is 72.5 Å². The van der Waals surface area contributed by atoms with Gasteiger partial charge in [-0.15, -0.1) is 0 Å². The number of amides is 1. The van der Waals surface area contributed by atoms with Gasteiger partial charge in [0.15, 0.2) is 0 Å². The molecule has 1 fully saturated rings. The van der Waals surface area contributed by atoms with Crippen molar-refractivity contribution in [1.29, 1.82) is 0 Å². The van der Waals surface area contributed by atoms with Crippen LogP contribution in [0.25, 0.3) is 5.76 Å². The van der Waals surface area contributed by atoms with E-state index < -0.39 is 17.7 Å². The second-order valence-electron chi connectivity index (χ2n) is 8.80. The molecule has 1 atom stereocenters. The summed E-state index contributed by atoms with van der Waals surface area (Å²) >= 11 is 0. The van der Waals surface area contributed by atoms with Gasteiger partial charge in [-0.2, -0.15) is 0 Å². The Labute approximate surface area is 194 Å². The number of benzene rings is 1. The van der Waals surface area contributed by atoms with Gasteiger partial charge in [-0.3, -0.25) is 9.59 Å². The molecule has 1 aromatic carbocycles. The fourth-order valence-electron chi connectivity index (χ4n) is 3.98. The Kier molecular flexibility index (Phi) is 7.48. The summed E-state index contributed by atoms with van der Waals surface area (Å²) in [6, 6.07) is 6.59. The summed E-state index contributed by atoms with van der Waals surface area (Å²) < 4.78 is 5.73. The van der Waals surface area contributed by atoms with Crippen molar-refractivity contribution >= 4 is 17.4 Å². The topological polar surface area (TPSA) is 95.9 Å². The Balaban J connectivity index is 2.09. The van der Waals surface area contributed by atoms with E-state index in [-0.39, 0.29) is 17.4 Å².